The number of hydrogen-bond acceptors (Lipinski definition) is 4. The summed E-state index contributed by atoms with van der Waals surface area (Å²) in [6, 6.07) is 10.2. The van der Waals surface area contributed by atoms with Crippen molar-refractivity contribution in [3.8, 4) is 0 Å². The first kappa shape index (κ1) is 17.8. The molecule has 1 saturated heterocycles. The highest BCUT2D eigenvalue weighted by Crippen LogP contribution is 2.28. The van der Waals surface area contributed by atoms with Crippen molar-refractivity contribution in [2.75, 3.05) is 18.4 Å². The van der Waals surface area contributed by atoms with Gasteiger partial charge in [0.05, 0.1) is 5.69 Å². The fourth-order valence-corrected chi connectivity index (χ4v) is 3.81. The first-order valence-corrected chi connectivity index (χ1v) is 9.23. The van der Waals surface area contributed by atoms with Crippen LogP contribution in [0.2, 0.25) is 0 Å². The summed E-state index contributed by atoms with van der Waals surface area (Å²) < 4.78 is 27.7. The Morgan fingerprint density at radius 2 is 2.04 bits per heavy atom. The van der Waals surface area contributed by atoms with Crippen LogP contribution in [0.3, 0.4) is 0 Å². The summed E-state index contributed by atoms with van der Waals surface area (Å²) in [7, 11) is 0. The minimum absolute atomic E-state index is 0.196. The minimum Gasteiger partial charge on any atom is -0.381 e. The summed E-state index contributed by atoms with van der Waals surface area (Å²) in [5.74, 6) is -0.828. The van der Waals surface area contributed by atoms with Gasteiger partial charge in [0.1, 0.15) is 11.3 Å². The molecule has 0 radical (unpaired) electrons. The lowest BCUT2D eigenvalue weighted by atomic mass is 9.93. The maximum atomic E-state index is 14.0. The number of pyridine rings is 2. The van der Waals surface area contributed by atoms with Gasteiger partial charge in [0.15, 0.2) is 5.82 Å². The summed E-state index contributed by atoms with van der Waals surface area (Å²) >= 11 is 0. The highest BCUT2D eigenvalue weighted by Gasteiger charge is 2.26. The van der Waals surface area contributed by atoms with Gasteiger partial charge in [-0.15, -0.1) is 0 Å². The summed E-state index contributed by atoms with van der Waals surface area (Å²) in [4.78, 5) is 10.9. The van der Waals surface area contributed by atoms with E-state index < -0.39 is 11.6 Å². The molecule has 0 bridgehead atoms. The first-order valence-electron chi connectivity index (χ1n) is 9.23. The van der Waals surface area contributed by atoms with Gasteiger partial charge in [-0.3, -0.25) is 14.9 Å². The molecule has 140 valence electrons. The topological polar surface area (TPSA) is 41.1 Å². The van der Waals surface area contributed by atoms with Crippen LogP contribution < -0.4 is 5.32 Å². The van der Waals surface area contributed by atoms with Gasteiger partial charge in [-0.05, 0) is 36.6 Å². The van der Waals surface area contributed by atoms with E-state index in [0.29, 0.717) is 11.3 Å². The number of nitrogens with zero attached hydrogens (tertiary/aromatic N) is 3. The molecule has 1 aromatic carbocycles. The van der Waals surface area contributed by atoms with Crippen LogP contribution in [-0.2, 0) is 6.54 Å². The fraction of sp³-hybridized carbons (Fsp3) is 0.333. The number of halogens is 2. The minimum atomic E-state index is -0.633. The van der Waals surface area contributed by atoms with E-state index in [2.05, 4.69) is 27.1 Å². The highest BCUT2D eigenvalue weighted by molar-refractivity contribution is 5.91. The zero-order valence-electron chi connectivity index (χ0n) is 15.2. The van der Waals surface area contributed by atoms with Crippen LogP contribution in [0.25, 0.3) is 10.9 Å². The number of hydrogen-bond donors (Lipinski definition) is 1. The largest absolute Gasteiger partial charge is 0.381 e. The predicted octanol–water partition coefficient (Wildman–Crippen LogP) is 4.23. The van der Waals surface area contributed by atoms with Gasteiger partial charge in [-0.2, -0.15) is 0 Å². The van der Waals surface area contributed by atoms with Gasteiger partial charge in [0, 0.05) is 55.2 Å². The number of fused-ring (bicyclic) bond motifs is 1. The molecule has 2 aromatic heterocycles. The van der Waals surface area contributed by atoms with E-state index in [1.807, 2.05) is 24.4 Å². The van der Waals surface area contributed by atoms with Crippen LogP contribution in [0.15, 0.2) is 48.8 Å². The third kappa shape index (κ3) is 3.90. The molecule has 2 atom stereocenters. The average molecular weight is 368 g/mol. The Labute approximate surface area is 157 Å². The molecule has 0 aliphatic carbocycles. The molecule has 4 rings (SSSR count). The SMILES string of the molecule is CC1CN(Cc2ccccn2)CCC1Nc1ccnc2c(F)cc(F)cc12. The van der Waals surface area contributed by atoms with Crippen LogP contribution in [0.5, 0.6) is 0 Å². The number of piperidine rings is 1. The Morgan fingerprint density at radius 1 is 1.15 bits per heavy atom. The third-order valence-corrected chi connectivity index (χ3v) is 5.21. The Morgan fingerprint density at radius 3 is 2.81 bits per heavy atom. The van der Waals surface area contributed by atoms with Gasteiger partial charge in [0.25, 0.3) is 0 Å². The fourth-order valence-electron chi connectivity index (χ4n) is 3.81. The molecule has 2 unspecified atom stereocenters. The number of anilines is 1. The summed E-state index contributed by atoms with van der Waals surface area (Å²) in [5.41, 5.74) is 2.00. The van der Waals surface area contributed by atoms with E-state index >= 15 is 0 Å². The molecule has 1 N–H and O–H groups in total. The standard InChI is InChI=1S/C21H22F2N4/c1-14-12-27(13-16-4-2-3-7-24-16)9-6-19(14)26-20-5-8-25-21-17(20)10-15(22)11-18(21)23/h2-5,7-8,10-11,14,19H,6,9,12-13H2,1H3,(H,25,26). The molecule has 3 heterocycles. The normalized spacial score (nSPS) is 20.7. The molecule has 0 saturated carbocycles. The maximum Gasteiger partial charge on any atom is 0.152 e. The molecule has 0 spiro atoms. The molecular weight excluding hydrogens is 346 g/mol. The number of aromatic nitrogens is 2. The van der Waals surface area contributed by atoms with E-state index in [0.717, 1.165) is 43.5 Å². The zero-order chi connectivity index (χ0) is 18.8. The van der Waals surface area contributed by atoms with Crippen molar-refractivity contribution < 1.29 is 8.78 Å². The van der Waals surface area contributed by atoms with Crippen LogP contribution in [0.4, 0.5) is 14.5 Å². The lowest BCUT2D eigenvalue weighted by molar-refractivity contribution is 0.163. The van der Waals surface area contributed by atoms with E-state index in [9.17, 15) is 8.78 Å². The van der Waals surface area contributed by atoms with Crippen molar-refractivity contribution in [1.29, 1.82) is 0 Å². The van der Waals surface area contributed by atoms with Gasteiger partial charge in [0.2, 0.25) is 0 Å². The lowest BCUT2D eigenvalue weighted by Gasteiger charge is -2.37. The van der Waals surface area contributed by atoms with E-state index in [1.54, 1.807) is 12.3 Å². The van der Waals surface area contributed by atoms with Crippen molar-refractivity contribution in [3.05, 3.63) is 66.1 Å². The van der Waals surface area contributed by atoms with Gasteiger partial charge in [-0.1, -0.05) is 13.0 Å². The second-order valence-corrected chi connectivity index (χ2v) is 7.22. The van der Waals surface area contributed by atoms with E-state index in [4.69, 9.17) is 0 Å². The van der Waals surface area contributed by atoms with Gasteiger partial charge < -0.3 is 5.32 Å². The molecule has 3 aromatic rings. The van der Waals surface area contributed by atoms with Crippen LogP contribution >= 0.6 is 0 Å². The monoisotopic (exact) mass is 368 g/mol. The first-order chi connectivity index (χ1) is 13.1. The second kappa shape index (κ2) is 7.56. The van der Waals surface area contributed by atoms with Crippen molar-refractivity contribution in [3.63, 3.8) is 0 Å². The van der Waals surface area contributed by atoms with E-state index in [1.165, 1.54) is 6.07 Å². The molecule has 1 aliphatic rings. The quantitative estimate of drug-likeness (QED) is 0.748. The molecule has 27 heavy (non-hydrogen) atoms. The number of nitrogens with one attached hydrogen (secondary N) is 1. The molecule has 1 aliphatic heterocycles. The Bertz CT molecular complexity index is 932. The average Bonchev–Trinajstić information content (AvgIpc) is 2.65. The van der Waals surface area contributed by atoms with Gasteiger partial charge >= 0.3 is 0 Å². The van der Waals surface area contributed by atoms with Crippen molar-refractivity contribution in [2.45, 2.75) is 25.9 Å². The maximum absolute atomic E-state index is 14.0. The number of rotatable bonds is 4. The van der Waals surface area contributed by atoms with Crippen molar-refractivity contribution in [1.82, 2.24) is 14.9 Å². The van der Waals surface area contributed by atoms with Crippen LogP contribution in [0.1, 0.15) is 19.0 Å². The van der Waals surface area contributed by atoms with Crippen LogP contribution in [-0.4, -0.2) is 34.0 Å². The third-order valence-electron chi connectivity index (χ3n) is 5.21. The molecule has 0 amide bonds. The number of likely N-dealkylation sites (tertiary alicyclic amines) is 1. The molecule has 1 fully saturated rings. The van der Waals surface area contributed by atoms with Crippen LogP contribution in [0, 0.1) is 17.6 Å². The Balaban J connectivity index is 1.47. The highest BCUT2D eigenvalue weighted by atomic mass is 19.1. The van der Waals surface area contributed by atoms with Crippen molar-refractivity contribution >= 4 is 16.6 Å². The predicted molar refractivity (Wildman–Crippen MR) is 102 cm³/mol. The smallest absolute Gasteiger partial charge is 0.152 e. The molecular formula is C21H22F2N4. The lowest BCUT2D eigenvalue weighted by Crippen LogP contribution is -2.44. The summed E-state index contributed by atoms with van der Waals surface area (Å²) in [6.45, 7) is 4.93. The summed E-state index contributed by atoms with van der Waals surface area (Å²) in [6.07, 6.45) is 4.34. The van der Waals surface area contributed by atoms with Crippen molar-refractivity contribution in [2.24, 2.45) is 5.92 Å². The van der Waals surface area contributed by atoms with Gasteiger partial charge in [-0.25, -0.2) is 8.78 Å². The Kier molecular flexibility index (Phi) is 4.99. The zero-order valence-corrected chi connectivity index (χ0v) is 15.2. The molecule has 4 nitrogen and oxygen atoms in total. The summed E-state index contributed by atoms with van der Waals surface area (Å²) in [5, 5.41) is 3.98. The molecule has 6 heteroatoms. The van der Waals surface area contributed by atoms with E-state index in [-0.39, 0.29) is 11.6 Å². The Hall–Kier alpha value is -2.60. The number of benzene rings is 1. The second-order valence-electron chi connectivity index (χ2n) is 7.22.